The predicted octanol–water partition coefficient (Wildman–Crippen LogP) is 3.00. The summed E-state index contributed by atoms with van der Waals surface area (Å²) in [5, 5.41) is 0.640. The van der Waals surface area contributed by atoms with Crippen molar-refractivity contribution >= 4 is 27.3 Å². The Labute approximate surface area is 151 Å². The normalized spacial score (nSPS) is 16.0. The molecule has 3 rings (SSSR count). The summed E-state index contributed by atoms with van der Waals surface area (Å²) < 4.78 is 45.5. The van der Waals surface area contributed by atoms with Gasteiger partial charge in [-0.05, 0) is 36.4 Å². The lowest BCUT2D eigenvalue weighted by Gasteiger charge is -2.35. The van der Waals surface area contributed by atoms with Gasteiger partial charge in [0.1, 0.15) is 0 Å². The average Bonchev–Trinajstić information content (AvgIpc) is 2.61. The van der Waals surface area contributed by atoms with E-state index >= 15 is 0 Å². The summed E-state index contributed by atoms with van der Waals surface area (Å²) in [6.07, 6.45) is 0. The fraction of sp³-hybridized carbons (Fsp3) is 0.294. The molecular weight excluding hydrogens is 367 g/mol. The topological polar surface area (TPSA) is 49.9 Å². The first-order chi connectivity index (χ1) is 11.9. The van der Waals surface area contributed by atoms with Crippen molar-refractivity contribution < 1.29 is 17.5 Å². The zero-order valence-corrected chi connectivity index (χ0v) is 15.2. The van der Waals surface area contributed by atoms with Crippen molar-refractivity contribution in [1.29, 1.82) is 0 Å². The van der Waals surface area contributed by atoms with Gasteiger partial charge in [0.15, 0.2) is 11.6 Å². The first-order valence-electron chi connectivity index (χ1n) is 7.76. The third kappa shape index (κ3) is 3.73. The molecule has 0 amide bonds. The number of ether oxygens (including phenoxy) is 1. The van der Waals surface area contributed by atoms with Crippen LogP contribution >= 0.6 is 11.6 Å². The van der Waals surface area contributed by atoms with E-state index in [0.29, 0.717) is 31.2 Å². The molecule has 1 aliphatic rings. The maximum atomic E-state index is 13.8. The van der Waals surface area contributed by atoms with Gasteiger partial charge in [-0.1, -0.05) is 17.7 Å². The van der Waals surface area contributed by atoms with Crippen molar-refractivity contribution in [2.45, 2.75) is 4.90 Å². The number of nitrogens with zero attached hydrogens (tertiary/aromatic N) is 2. The standard InChI is InChI=1S/C17H18ClFN2O3S/c1-24-17-6-5-15(12-16(17)19)25(22,23)21-9-7-20(8-10-21)14-4-2-3-13(18)11-14/h2-6,11-12H,7-10H2,1H3. The van der Waals surface area contributed by atoms with Crippen LogP contribution in [0, 0.1) is 5.82 Å². The number of hydrogen-bond acceptors (Lipinski definition) is 4. The summed E-state index contributed by atoms with van der Waals surface area (Å²) >= 11 is 6.01. The Hall–Kier alpha value is -1.83. The van der Waals surface area contributed by atoms with Gasteiger partial charge < -0.3 is 9.64 Å². The summed E-state index contributed by atoms with van der Waals surface area (Å²) in [6, 6.07) is 11.1. The number of sulfonamides is 1. The fourth-order valence-corrected chi connectivity index (χ4v) is 4.44. The van der Waals surface area contributed by atoms with Crippen LogP contribution in [-0.2, 0) is 10.0 Å². The lowest BCUT2D eigenvalue weighted by atomic mass is 10.2. The molecule has 1 saturated heterocycles. The zero-order chi connectivity index (χ0) is 18.0. The molecule has 0 bridgehead atoms. The Balaban J connectivity index is 1.74. The summed E-state index contributed by atoms with van der Waals surface area (Å²) in [5.74, 6) is -0.675. The van der Waals surface area contributed by atoms with E-state index in [1.807, 2.05) is 18.2 Å². The minimum atomic E-state index is -3.74. The minimum Gasteiger partial charge on any atom is -0.494 e. The number of piperazine rings is 1. The van der Waals surface area contributed by atoms with Gasteiger partial charge >= 0.3 is 0 Å². The van der Waals surface area contributed by atoms with Gasteiger partial charge in [0.2, 0.25) is 10.0 Å². The van der Waals surface area contributed by atoms with Crippen LogP contribution in [0.15, 0.2) is 47.4 Å². The van der Waals surface area contributed by atoms with Crippen LogP contribution in [0.1, 0.15) is 0 Å². The third-order valence-corrected chi connectivity index (χ3v) is 6.30. The summed E-state index contributed by atoms with van der Waals surface area (Å²) in [4.78, 5) is 2.01. The maximum Gasteiger partial charge on any atom is 0.243 e. The molecule has 2 aromatic carbocycles. The highest BCUT2D eigenvalue weighted by atomic mass is 35.5. The second-order valence-corrected chi connectivity index (χ2v) is 8.04. The van der Waals surface area contributed by atoms with E-state index in [-0.39, 0.29) is 10.6 Å². The van der Waals surface area contributed by atoms with Crippen LogP contribution in [-0.4, -0.2) is 46.0 Å². The van der Waals surface area contributed by atoms with Gasteiger partial charge in [0.05, 0.1) is 12.0 Å². The highest BCUT2D eigenvalue weighted by molar-refractivity contribution is 7.89. The molecule has 2 aromatic rings. The van der Waals surface area contributed by atoms with Gasteiger partial charge in [0.25, 0.3) is 0 Å². The highest BCUT2D eigenvalue weighted by Crippen LogP contribution is 2.25. The predicted molar refractivity (Wildman–Crippen MR) is 95.4 cm³/mol. The van der Waals surface area contributed by atoms with E-state index in [1.54, 1.807) is 6.07 Å². The number of methoxy groups -OCH3 is 1. The molecule has 0 spiro atoms. The summed E-state index contributed by atoms with van der Waals surface area (Å²) in [6.45, 7) is 1.72. The van der Waals surface area contributed by atoms with Gasteiger partial charge in [0, 0.05) is 36.9 Å². The number of rotatable bonds is 4. The monoisotopic (exact) mass is 384 g/mol. The molecule has 0 radical (unpaired) electrons. The van der Waals surface area contributed by atoms with Crippen molar-refractivity contribution in [2.75, 3.05) is 38.2 Å². The third-order valence-electron chi connectivity index (χ3n) is 4.17. The van der Waals surface area contributed by atoms with Gasteiger partial charge in [-0.25, -0.2) is 12.8 Å². The molecule has 134 valence electrons. The Bertz CT molecular complexity index is 868. The van der Waals surface area contributed by atoms with Crippen LogP contribution in [0.5, 0.6) is 5.75 Å². The van der Waals surface area contributed by atoms with Crippen LogP contribution < -0.4 is 9.64 Å². The fourth-order valence-electron chi connectivity index (χ4n) is 2.82. The van der Waals surface area contributed by atoms with Crippen LogP contribution in [0.2, 0.25) is 5.02 Å². The maximum absolute atomic E-state index is 13.8. The van der Waals surface area contributed by atoms with Gasteiger partial charge in [-0.15, -0.1) is 0 Å². The lowest BCUT2D eigenvalue weighted by Crippen LogP contribution is -2.48. The molecule has 0 atom stereocenters. The van der Waals surface area contributed by atoms with Crippen molar-refractivity contribution in [1.82, 2.24) is 4.31 Å². The van der Waals surface area contributed by atoms with E-state index in [4.69, 9.17) is 16.3 Å². The van der Waals surface area contributed by atoms with E-state index in [1.165, 1.54) is 23.5 Å². The second kappa shape index (κ2) is 7.19. The molecule has 0 aliphatic carbocycles. The summed E-state index contributed by atoms with van der Waals surface area (Å²) in [5.41, 5.74) is 0.958. The number of halogens is 2. The van der Waals surface area contributed by atoms with Crippen molar-refractivity contribution in [3.05, 3.63) is 53.3 Å². The van der Waals surface area contributed by atoms with E-state index in [9.17, 15) is 12.8 Å². The Morgan fingerprint density at radius 2 is 1.80 bits per heavy atom. The first-order valence-corrected chi connectivity index (χ1v) is 9.58. The largest absolute Gasteiger partial charge is 0.494 e. The molecule has 5 nitrogen and oxygen atoms in total. The molecule has 1 heterocycles. The second-order valence-electron chi connectivity index (χ2n) is 5.67. The molecular formula is C17H18ClFN2O3S. The van der Waals surface area contributed by atoms with Gasteiger partial charge in [-0.3, -0.25) is 0 Å². The minimum absolute atomic E-state index is 0.0183. The van der Waals surface area contributed by atoms with Crippen LogP contribution in [0.4, 0.5) is 10.1 Å². The zero-order valence-electron chi connectivity index (χ0n) is 13.7. The van der Waals surface area contributed by atoms with Crippen molar-refractivity contribution in [2.24, 2.45) is 0 Å². The van der Waals surface area contributed by atoms with E-state index in [0.717, 1.165) is 11.8 Å². The number of hydrogen-bond donors (Lipinski definition) is 0. The SMILES string of the molecule is COc1ccc(S(=O)(=O)N2CCN(c3cccc(Cl)c3)CC2)cc1F. The number of anilines is 1. The molecule has 1 fully saturated rings. The van der Waals surface area contributed by atoms with Crippen molar-refractivity contribution in [3.63, 3.8) is 0 Å². The molecule has 0 aromatic heterocycles. The Morgan fingerprint density at radius 1 is 1.08 bits per heavy atom. The average molecular weight is 385 g/mol. The molecule has 0 N–H and O–H groups in total. The molecule has 0 unspecified atom stereocenters. The van der Waals surface area contributed by atoms with Crippen LogP contribution in [0.3, 0.4) is 0 Å². The van der Waals surface area contributed by atoms with Crippen molar-refractivity contribution in [3.8, 4) is 5.75 Å². The van der Waals surface area contributed by atoms with Crippen LogP contribution in [0.25, 0.3) is 0 Å². The Morgan fingerprint density at radius 3 is 2.40 bits per heavy atom. The molecule has 0 saturated carbocycles. The quantitative estimate of drug-likeness (QED) is 0.813. The van der Waals surface area contributed by atoms with E-state index in [2.05, 4.69) is 4.90 Å². The van der Waals surface area contributed by atoms with E-state index < -0.39 is 15.8 Å². The highest BCUT2D eigenvalue weighted by Gasteiger charge is 2.29. The molecule has 8 heteroatoms. The summed E-state index contributed by atoms with van der Waals surface area (Å²) in [7, 11) is -2.40. The smallest absolute Gasteiger partial charge is 0.243 e. The molecule has 25 heavy (non-hydrogen) atoms. The van der Waals surface area contributed by atoms with Gasteiger partial charge in [-0.2, -0.15) is 4.31 Å². The first kappa shape index (κ1) is 18.0. The number of benzene rings is 2. The Kier molecular flexibility index (Phi) is 5.17. The lowest BCUT2D eigenvalue weighted by molar-refractivity contribution is 0.380. The molecule has 1 aliphatic heterocycles.